The minimum atomic E-state index is -0.520. The van der Waals surface area contributed by atoms with Crippen molar-refractivity contribution in [3.8, 4) is 0 Å². The van der Waals surface area contributed by atoms with Crippen molar-refractivity contribution in [2.75, 3.05) is 13.2 Å². The van der Waals surface area contributed by atoms with E-state index < -0.39 is 5.41 Å². The number of ether oxygens (including phenoxy) is 1. The number of amides is 1. The summed E-state index contributed by atoms with van der Waals surface area (Å²) in [5.41, 5.74) is 9.34. The van der Waals surface area contributed by atoms with Gasteiger partial charge in [0.05, 0.1) is 17.5 Å². The zero-order chi connectivity index (χ0) is 17.3. The van der Waals surface area contributed by atoms with E-state index in [-0.39, 0.29) is 18.0 Å². The maximum Gasteiger partial charge on any atom is 0.231 e. The molecule has 4 nitrogen and oxygen atoms in total. The highest BCUT2D eigenvalue weighted by Crippen LogP contribution is 2.36. The van der Waals surface area contributed by atoms with Crippen LogP contribution in [0.1, 0.15) is 35.6 Å². The van der Waals surface area contributed by atoms with Gasteiger partial charge in [0.15, 0.2) is 0 Å². The molecule has 2 aliphatic rings. The highest BCUT2D eigenvalue weighted by molar-refractivity contribution is 5.88. The number of hydrogen-bond acceptors (Lipinski definition) is 3. The Bertz CT molecular complexity index is 754. The number of nitrogens with one attached hydrogen (secondary N) is 1. The van der Waals surface area contributed by atoms with Crippen LogP contribution >= 0.6 is 0 Å². The molecule has 3 N–H and O–H groups in total. The minimum Gasteiger partial charge on any atom is -0.381 e. The highest BCUT2D eigenvalue weighted by Gasteiger charge is 2.43. The highest BCUT2D eigenvalue weighted by atomic mass is 16.5. The van der Waals surface area contributed by atoms with Gasteiger partial charge in [0.1, 0.15) is 0 Å². The quantitative estimate of drug-likeness (QED) is 0.905. The Balaban J connectivity index is 1.58. The summed E-state index contributed by atoms with van der Waals surface area (Å²) in [7, 11) is 0. The predicted octanol–water partition coefficient (Wildman–Crippen LogP) is 2.48. The minimum absolute atomic E-state index is 0.0478. The maximum absolute atomic E-state index is 13.4. The molecule has 0 aromatic heterocycles. The molecule has 1 saturated heterocycles. The summed E-state index contributed by atoms with van der Waals surface area (Å²) in [4.78, 5) is 13.4. The molecule has 0 bridgehead atoms. The maximum atomic E-state index is 13.4. The summed E-state index contributed by atoms with van der Waals surface area (Å²) in [6.45, 7) is 1.22. The molecular formula is C21H24N2O2. The zero-order valence-corrected chi connectivity index (χ0v) is 14.3. The van der Waals surface area contributed by atoms with Gasteiger partial charge in [0.25, 0.3) is 0 Å². The average molecular weight is 336 g/mol. The van der Waals surface area contributed by atoms with Crippen LogP contribution in [0.5, 0.6) is 0 Å². The lowest BCUT2D eigenvalue weighted by Crippen LogP contribution is -2.52. The number of nitrogens with two attached hydrogens (primary N) is 1. The van der Waals surface area contributed by atoms with E-state index in [0.717, 1.165) is 17.5 Å². The molecule has 1 aliphatic carbocycles. The van der Waals surface area contributed by atoms with Crippen molar-refractivity contribution >= 4 is 5.91 Å². The molecule has 2 aromatic rings. The molecule has 0 spiro atoms. The topological polar surface area (TPSA) is 64.3 Å². The first-order chi connectivity index (χ1) is 12.2. The lowest BCUT2D eigenvalue weighted by Gasteiger charge is -2.37. The van der Waals surface area contributed by atoms with Gasteiger partial charge in [-0.05, 0) is 36.0 Å². The molecule has 1 fully saturated rings. The predicted molar refractivity (Wildman–Crippen MR) is 97.2 cm³/mol. The van der Waals surface area contributed by atoms with Gasteiger partial charge in [-0.15, -0.1) is 0 Å². The Morgan fingerprint density at radius 2 is 1.72 bits per heavy atom. The van der Waals surface area contributed by atoms with E-state index in [9.17, 15) is 4.79 Å². The van der Waals surface area contributed by atoms with Gasteiger partial charge in [-0.1, -0.05) is 54.6 Å². The molecule has 1 heterocycles. The first-order valence-corrected chi connectivity index (χ1v) is 8.98. The van der Waals surface area contributed by atoms with Crippen molar-refractivity contribution in [2.24, 2.45) is 5.73 Å². The van der Waals surface area contributed by atoms with Crippen molar-refractivity contribution in [3.63, 3.8) is 0 Å². The van der Waals surface area contributed by atoms with E-state index in [1.54, 1.807) is 0 Å². The lowest BCUT2D eigenvalue weighted by atomic mass is 9.73. The van der Waals surface area contributed by atoms with Crippen LogP contribution in [0.25, 0.3) is 0 Å². The molecular weight excluding hydrogens is 312 g/mol. The fourth-order valence-electron chi connectivity index (χ4n) is 4.20. The van der Waals surface area contributed by atoms with Gasteiger partial charge in [-0.2, -0.15) is 0 Å². The van der Waals surface area contributed by atoms with Gasteiger partial charge in [-0.25, -0.2) is 0 Å². The van der Waals surface area contributed by atoms with Crippen LogP contribution in [-0.4, -0.2) is 25.2 Å². The molecule has 0 radical (unpaired) electrons. The second-order valence-corrected chi connectivity index (χ2v) is 7.07. The monoisotopic (exact) mass is 336 g/mol. The largest absolute Gasteiger partial charge is 0.381 e. The lowest BCUT2D eigenvalue weighted by molar-refractivity contribution is -0.131. The van der Waals surface area contributed by atoms with Crippen LogP contribution < -0.4 is 11.1 Å². The number of benzene rings is 2. The van der Waals surface area contributed by atoms with E-state index in [4.69, 9.17) is 10.5 Å². The van der Waals surface area contributed by atoms with Crippen molar-refractivity contribution in [1.82, 2.24) is 5.32 Å². The third kappa shape index (κ3) is 2.86. The number of carbonyl (C=O) groups is 1. The van der Waals surface area contributed by atoms with Crippen LogP contribution in [0.15, 0.2) is 54.6 Å². The fraction of sp³-hybridized carbons (Fsp3) is 0.381. The van der Waals surface area contributed by atoms with E-state index >= 15 is 0 Å². The van der Waals surface area contributed by atoms with Gasteiger partial charge in [-0.3, -0.25) is 4.79 Å². The number of carbonyl (C=O) groups excluding carboxylic acids is 1. The van der Waals surface area contributed by atoms with Crippen molar-refractivity contribution < 1.29 is 9.53 Å². The SMILES string of the molecule is N[C@@H]1c2ccccc2C[C@H]1NC(=O)C1(c2ccccc2)CCOCC1. The first kappa shape index (κ1) is 16.3. The van der Waals surface area contributed by atoms with Crippen LogP contribution in [0, 0.1) is 0 Å². The Labute approximate surface area is 148 Å². The smallest absolute Gasteiger partial charge is 0.231 e. The second kappa shape index (κ2) is 6.62. The standard InChI is InChI=1S/C21H24N2O2/c22-19-17-9-5-4-6-15(17)14-18(19)23-20(24)21(10-12-25-13-11-21)16-7-2-1-3-8-16/h1-9,18-19H,10-14,22H2,(H,23,24)/t18-,19-/m1/s1. The third-order valence-corrected chi connectivity index (χ3v) is 5.71. The summed E-state index contributed by atoms with van der Waals surface area (Å²) >= 11 is 0. The number of hydrogen-bond donors (Lipinski definition) is 2. The molecule has 2 atom stereocenters. The first-order valence-electron chi connectivity index (χ1n) is 8.98. The molecule has 1 amide bonds. The van der Waals surface area contributed by atoms with Gasteiger partial charge >= 0.3 is 0 Å². The van der Waals surface area contributed by atoms with E-state index in [1.165, 1.54) is 5.56 Å². The van der Waals surface area contributed by atoms with Crippen LogP contribution in [0.2, 0.25) is 0 Å². The van der Waals surface area contributed by atoms with E-state index in [2.05, 4.69) is 17.4 Å². The molecule has 1 aliphatic heterocycles. The van der Waals surface area contributed by atoms with Crippen molar-refractivity contribution in [1.29, 1.82) is 0 Å². The van der Waals surface area contributed by atoms with E-state index in [0.29, 0.717) is 26.1 Å². The van der Waals surface area contributed by atoms with Crippen LogP contribution in [0.4, 0.5) is 0 Å². The summed E-state index contributed by atoms with van der Waals surface area (Å²) in [6.07, 6.45) is 2.21. The van der Waals surface area contributed by atoms with Gasteiger partial charge < -0.3 is 15.8 Å². The summed E-state index contributed by atoms with van der Waals surface area (Å²) in [6, 6.07) is 18.1. The van der Waals surface area contributed by atoms with Crippen molar-refractivity contribution in [2.45, 2.75) is 36.8 Å². The Morgan fingerprint density at radius 1 is 1.04 bits per heavy atom. The Kier molecular flexibility index (Phi) is 4.32. The molecule has 4 heteroatoms. The fourth-order valence-corrected chi connectivity index (χ4v) is 4.20. The van der Waals surface area contributed by atoms with Crippen molar-refractivity contribution in [3.05, 3.63) is 71.3 Å². The van der Waals surface area contributed by atoms with Crippen LogP contribution in [0.3, 0.4) is 0 Å². The Morgan fingerprint density at radius 3 is 2.44 bits per heavy atom. The van der Waals surface area contributed by atoms with E-state index in [1.807, 2.05) is 42.5 Å². The summed E-state index contributed by atoms with van der Waals surface area (Å²) < 4.78 is 5.53. The molecule has 0 saturated carbocycles. The summed E-state index contributed by atoms with van der Waals surface area (Å²) in [5, 5.41) is 3.27. The Hall–Kier alpha value is -2.17. The molecule has 25 heavy (non-hydrogen) atoms. The number of rotatable bonds is 3. The average Bonchev–Trinajstić information content (AvgIpc) is 2.99. The van der Waals surface area contributed by atoms with Gasteiger partial charge in [0.2, 0.25) is 5.91 Å². The second-order valence-electron chi connectivity index (χ2n) is 7.07. The zero-order valence-electron chi connectivity index (χ0n) is 14.3. The third-order valence-electron chi connectivity index (χ3n) is 5.71. The molecule has 0 unspecified atom stereocenters. The molecule has 2 aromatic carbocycles. The molecule has 4 rings (SSSR count). The van der Waals surface area contributed by atoms with Gasteiger partial charge in [0, 0.05) is 13.2 Å². The molecule has 130 valence electrons. The van der Waals surface area contributed by atoms with Crippen LogP contribution in [-0.2, 0) is 21.4 Å². The summed E-state index contributed by atoms with van der Waals surface area (Å²) in [5.74, 6) is 0.0789. The normalized spacial score (nSPS) is 24.5. The number of fused-ring (bicyclic) bond motifs is 1.